The molecule has 0 unspecified atom stereocenters. The number of nitrogens with one attached hydrogen (secondary N) is 2. The molecule has 3 aliphatic rings. The molecule has 5 nitrogen and oxygen atoms in total. The molecule has 1 aromatic rings. The summed E-state index contributed by atoms with van der Waals surface area (Å²) in [5, 5.41) is 1.98. The summed E-state index contributed by atoms with van der Waals surface area (Å²) >= 11 is 0. The van der Waals surface area contributed by atoms with Gasteiger partial charge in [-0.3, -0.25) is 9.52 Å². The summed E-state index contributed by atoms with van der Waals surface area (Å²) in [4.78, 5) is 12.5. The summed E-state index contributed by atoms with van der Waals surface area (Å²) in [5.41, 5.74) is -1.79. The Morgan fingerprint density at radius 3 is 2.28 bits per heavy atom. The summed E-state index contributed by atoms with van der Waals surface area (Å²) in [6, 6.07) is 2.44. The SMILES string of the molecule is CC(C)S(=O)(=O)Nc1ccc(C(F)(F)F)cc1C(=O)NC12CC(C1)C2. The zero-order chi connectivity index (χ0) is 18.6. The van der Waals surface area contributed by atoms with Crippen molar-refractivity contribution in [3.63, 3.8) is 0 Å². The minimum Gasteiger partial charge on any atom is -0.347 e. The molecule has 0 saturated heterocycles. The third kappa shape index (κ3) is 3.33. The Balaban J connectivity index is 1.94. The summed E-state index contributed by atoms with van der Waals surface area (Å²) in [6.07, 6.45) is -2.15. The van der Waals surface area contributed by atoms with Gasteiger partial charge in [0.25, 0.3) is 5.91 Å². The van der Waals surface area contributed by atoms with E-state index in [1.54, 1.807) is 0 Å². The van der Waals surface area contributed by atoms with Crippen LogP contribution >= 0.6 is 0 Å². The van der Waals surface area contributed by atoms with Crippen LogP contribution in [-0.4, -0.2) is 25.1 Å². The normalized spacial score (nSPS) is 25.1. The van der Waals surface area contributed by atoms with E-state index in [4.69, 9.17) is 0 Å². The lowest BCUT2D eigenvalue weighted by molar-refractivity contribution is -0.137. The van der Waals surface area contributed by atoms with E-state index in [1.807, 2.05) is 0 Å². The quantitative estimate of drug-likeness (QED) is 0.829. The zero-order valence-corrected chi connectivity index (χ0v) is 14.6. The van der Waals surface area contributed by atoms with Crippen LogP contribution in [0.1, 0.15) is 49.0 Å². The van der Waals surface area contributed by atoms with Crippen LogP contribution in [0, 0.1) is 5.92 Å². The van der Waals surface area contributed by atoms with Crippen molar-refractivity contribution in [3.8, 4) is 0 Å². The highest BCUT2D eigenvalue weighted by atomic mass is 32.2. The smallest absolute Gasteiger partial charge is 0.347 e. The fraction of sp³-hybridized carbons (Fsp3) is 0.562. The average Bonchev–Trinajstić information content (AvgIpc) is 2.39. The molecule has 4 rings (SSSR count). The number of anilines is 1. The number of sulfonamides is 1. The third-order valence-corrected chi connectivity index (χ3v) is 6.63. The molecule has 0 heterocycles. The highest BCUT2D eigenvalue weighted by Gasteiger charge is 2.57. The summed E-state index contributed by atoms with van der Waals surface area (Å²) in [7, 11) is -3.79. The van der Waals surface area contributed by atoms with Crippen molar-refractivity contribution in [3.05, 3.63) is 29.3 Å². The van der Waals surface area contributed by atoms with Crippen molar-refractivity contribution in [2.24, 2.45) is 5.92 Å². The van der Waals surface area contributed by atoms with Crippen molar-refractivity contribution in [2.75, 3.05) is 4.72 Å². The largest absolute Gasteiger partial charge is 0.416 e. The molecule has 1 amide bonds. The van der Waals surface area contributed by atoms with Crippen LogP contribution in [0.2, 0.25) is 0 Å². The van der Waals surface area contributed by atoms with Gasteiger partial charge in [0.2, 0.25) is 10.0 Å². The first-order valence-corrected chi connectivity index (χ1v) is 9.52. The van der Waals surface area contributed by atoms with Gasteiger partial charge >= 0.3 is 6.18 Å². The second kappa shape index (κ2) is 5.62. The number of amides is 1. The Morgan fingerprint density at radius 2 is 1.84 bits per heavy atom. The van der Waals surface area contributed by atoms with Crippen molar-refractivity contribution < 1.29 is 26.4 Å². The lowest BCUT2D eigenvalue weighted by Crippen LogP contribution is -2.68. The maximum atomic E-state index is 13.0. The number of rotatable bonds is 5. The topological polar surface area (TPSA) is 75.3 Å². The van der Waals surface area contributed by atoms with Gasteiger partial charge in [-0.1, -0.05) is 0 Å². The van der Waals surface area contributed by atoms with E-state index in [0.717, 1.165) is 31.4 Å². The highest BCUT2D eigenvalue weighted by molar-refractivity contribution is 7.93. The molecule has 0 spiro atoms. The van der Waals surface area contributed by atoms with Crippen molar-refractivity contribution >= 4 is 21.6 Å². The molecule has 3 aliphatic carbocycles. The molecular formula is C16H19F3N2O3S. The van der Waals surface area contributed by atoms with E-state index < -0.39 is 32.9 Å². The minimum absolute atomic E-state index is 0.147. The molecule has 3 saturated carbocycles. The van der Waals surface area contributed by atoms with Crippen LogP contribution in [0.4, 0.5) is 18.9 Å². The molecule has 0 atom stereocenters. The second-order valence-electron chi connectivity index (χ2n) is 7.17. The number of hydrogen-bond acceptors (Lipinski definition) is 3. The van der Waals surface area contributed by atoms with E-state index in [0.29, 0.717) is 12.0 Å². The average molecular weight is 376 g/mol. The Bertz CT molecular complexity index is 801. The summed E-state index contributed by atoms with van der Waals surface area (Å²) in [5.74, 6) is -0.105. The maximum absolute atomic E-state index is 13.0. The van der Waals surface area contributed by atoms with Gasteiger partial charge in [-0.2, -0.15) is 13.2 Å². The molecule has 2 bridgehead atoms. The molecule has 0 aliphatic heterocycles. The summed E-state index contributed by atoms with van der Waals surface area (Å²) < 4.78 is 65.3. The van der Waals surface area contributed by atoms with Crippen LogP contribution in [0.25, 0.3) is 0 Å². The molecule has 138 valence electrons. The predicted molar refractivity (Wildman–Crippen MR) is 86.7 cm³/mol. The van der Waals surface area contributed by atoms with E-state index in [2.05, 4.69) is 10.0 Å². The Labute approximate surface area is 144 Å². The predicted octanol–water partition coefficient (Wildman–Crippen LogP) is 3.14. The molecule has 3 fully saturated rings. The van der Waals surface area contributed by atoms with Crippen LogP contribution in [0.3, 0.4) is 0 Å². The van der Waals surface area contributed by atoms with E-state index in [9.17, 15) is 26.4 Å². The highest BCUT2D eigenvalue weighted by Crippen LogP contribution is 2.57. The van der Waals surface area contributed by atoms with Crippen LogP contribution in [0.5, 0.6) is 0 Å². The first-order chi connectivity index (χ1) is 11.4. The van der Waals surface area contributed by atoms with Crippen molar-refractivity contribution in [1.82, 2.24) is 5.32 Å². The van der Waals surface area contributed by atoms with E-state index in [-0.39, 0.29) is 16.8 Å². The number of alkyl halides is 3. The molecular weight excluding hydrogens is 357 g/mol. The molecule has 9 heteroatoms. The lowest BCUT2D eigenvalue weighted by Gasteiger charge is -2.61. The zero-order valence-electron chi connectivity index (χ0n) is 13.8. The van der Waals surface area contributed by atoms with Crippen molar-refractivity contribution in [1.29, 1.82) is 0 Å². The number of hydrogen-bond donors (Lipinski definition) is 2. The van der Waals surface area contributed by atoms with Gasteiger partial charge < -0.3 is 5.32 Å². The monoisotopic (exact) mass is 376 g/mol. The standard InChI is InChI=1S/C16H19F3N2O3S/c1-9(2)25(23,24)21-13-4-3-11(16(17,18)19)5-12(13)14(22)20-15-6-10(7-15)8-15/h3-5,9-10,21H,6-8H2,1-2H3,(H,20,22). The molecule has 25 heavy (non-hydrogen) atoms. The fourth-order valence-corrected chi connectivity index (χ4v) is 3.93. The number of carbonyl (C=O) groups excluding carboxylic acids is 1. The van der Waals surface area contributed by atoms with E-state index in [1.165, 1.54) is 13.8 Å². The van der Waals surface area contributed by atoms with Gasteiger partial charge in [0.1, 0.15) is 0 Å². The number of carbonyl (C=O) groups is 1. The van der Waals surface area contributed by atoms with E-state index >= 15 is 0 Å². The second-order valence-corrected chi connectivity index (χ2v) is 9.40. The van der Waals surface area contributed by atoms with Gasteiger partial charge in [0.05, 0.1) is 22.1 Å². The number of halogens is 3. The van der Waals surface area contributed by atoms with Crippen molar-refractivity contribution in [2.45, 2.75) is 50.1 Å². The third-order valence-electron chi connectivity index (χ3n) is 4.88. The first-order valence-electron chi connectivity index (χ1n) is 7.97. The fourth-order valence-electron chi connectivity index (χ4n) is 3.21. The number of benzene rings is 1. The van der Waals surface area contributed by atoms with Gasteiger partial charge in [0.15, 0.2) is 0 Å². The molecule has 0 radical (unpaired) electrons. The Hall–Kier alpha value is -1.77. The van der Waals surface area contributed by atoms with Gasteiger partial charge in [-0.05, 0) is 57.2 Å². The van der Waals surface area contributed by atoms with Crippen LogP contribution in [0.15, 0.2) is 18.2 Å². The molecule has 2 N–H and O–H groups in total. The van der Waals surface area contributed by atoms with Gasteiger partial charge in [-0.25, -0.2) is 8.42 Å². The Morgan fingerprint density at radius 1 is 1.24 bits per heavy atom. The maximum Gasteiger partial charge on any atom is 0.416 e. The first kappa shape index (κ1) is 18.0. The molecule has 1 aromatic carbocycles. The molecule has 0 aromatic heterocycles. The lowest BCUT2D eigenvalue weighted by atomic mass is 9.50. The van der Waals surface area contributed by atoms with Crippen LogP contribution < -0.4 is 10.0 Å². The minimum atomic E-state index is -4.62. The van der Waals surface area contributed by atoms with Gasteiger partial charge in [0, 0.05) is 5.54 Å². The van der Waals surface area contributed by atoms with Crippen LogP contribution in [-0.2, 0) is 16.2 Å². The summed E-state index contributed by atoms with van der Waals surface area (Å²) in [6.45, 7) is 2.88. The van der Waals surface area contributed by atoms with Gasteiger partial charge in [-0.15, -0.1) is 0 Å². The Kier molecular flexibility index (Phi) is 4.05.